The van der Waals surface area contributed by atoms with E-state index in [9.17, 15) is 26.4 Å². The van der Waals surface area contributed by atoms with Crippen LogP contribution in [0.3, 0.4) is 0 Å². The zero-order valence-electron chi connectivity index (χ0n) is 13.8. The molecule has 11 heteroatoms. The molecule has 0 radical (unpaired) electrons. The molecule has 142 valence electrons. The third-order valence-corrected chi connectivity index (χ3v) is 7.12. The number of nitrogens with two attached hydrogens (primary N) is 3. The summed E-state index contributed by atoms with van der Waals surface area (Å²) in [6.45, 7) is 0. The van der Waals surface area contributed by atoms with Crippen molar-refractivity contribution in [3.8, 4) is 0 Å². The number of carbonyl (C=O) groups excluding carboxylic acids is 2. The molecule has 0 aromatic heterocycles. The summed E-state index contributed by atoms with van der Waals surface area (Å²) in [7, 11) is -8.96. The number of Topliss-reactive ketones (excluding diaryl/α,β-unsaturated/α-hetero) is 2. The van der Waals surface area contributed by atoms with Crippen LogP contribution in [-0.2, 0) is 19.9 Å². The van der Waals surface area contributed by atoms with Crippen LogP contribution in [0.4, 0.5) is 11.4 Å². The predicted octanol–water partition coefficient (Wildman–Crippen LogP) is 0.490. The van der Waals surface area contributed by atoms with Gasteiger partial charge in [0.15, 0.2) is 11.6 Å². The lowest BCUT2D eigenvalue weighted by atomic mass is 9.88. The first kappa shape index (κ1) is 19.0. The summed E-state index contributed by atoms with van der Waals surface area (Å²) >= 11 is 0. The van der Waals surface area contributed by atoms with Crippen molar-refractivity contribution in [2.75, 3.05) is 11.5 Å². The largest absolute Gasteiger partial charge is 0.399 e. The van der Waals surface area contributed by atoms with Gasteiger partial charge in [0.1, 0.15) is 4.90 Å². The van der Waals surface area contributed by atoms with Gasteiger partial charge in [0, 0.05) is 29.8 Å². The molecule has 0 fully saturated rings. The van der Waals surface area contributed by atoms with Crippen LogP contribution in [-0.4, -0.2) is 28.4 Å². The maximum Gasteiger partial charge on any atom is 0.239 e. The monoisotopic (exact) mass is 409 g/mol. The van der Waals surface area contributed by atoms with Crippen molar-refractivity contribution in [3.63, 3.8) is 0 Å². The second kappa shape index (κ2) is 6.15. The Morgan fingerprint density at radius 1 is 0.741 bits per heavy atom. The van der Waals surface area contributed by atoms with E-state index in [1.807, 2.05) is 0 Å². The van der Waals surface area contributed by atoms with Gasteiger partial charge in [0.25, 0.3) is 0 Å². The molecule has 6 N–H and O–H groups in total. The summed E-state index contributed by atoms with van der Waals surface area (Å²) in [4.78, 5) is 22.7. The van der Waals surface area contributed by atoms with Crippen molar-refractivity contribution >= 4 is 42.8 Å². The maximum absolute atomic E-state index is 13.2. The van der Waals surface area contributed by atoms with E-state index in [4.69, 9.17) is 16.6 Å². The molecule has 27 heavy (non-hydrogen) atoms. The lowest BCUT2D eigenvalue weighted by Crippen LogP contribution is -2.23. The van der Waals surface area contributed by atoms with Crippen LogP contribution in [0, 0.1) is 0 Å². The molecule has 2 aromatic rings. The highest BCUT2D eigenvalue weighted by atomic mass is 32.2. The molecule has 0 saturated carbocycles. The number of benzene rings is 2. The molecule has 0 heterocycles. The van der Waals surface area contributed by atoms with Gasteiger partial charge in [-0.2, -0.15) is 0 Å². The number of hydrogen-bond donors (Lipinski definition) is 3. The maximum atomic E-state index is 13.2. The number of sulfonamides is 1. The number of hydrogen-bond acceptors (Lipinski definition) is 8. The van der Waals surface area contributed by atoms with Crippen LogP contribution < -0.4 is 16.6 Å². The van der Waals surface area contributed by atoms with Crippen LogP contribution >= 0.6 is 0 Å². The van der Waals surface area contributed by atoms with Gasteiger partial charge < -0.3 is 11.5 Å². The molecule has 0 atom stereocenters. The standard InChI is InChI=1S/C16H15N3O6S2/c17-8-1-5-12(27(19,24)25)14(7-8)26(22,23)13-6-2-9(18)15-10(20)3-4-11(21)16(13)15/h1-2,5-7H,3-4,17-18H2,(H2,19,24,25). The summed E-state index contributed by atoms with van der Waals surface area (Å²) in [5.74, 6) is -1.03. The van der Waals surface area contributed by atoms with Crippen molar-refractivity contribution in [1.29, 1.82) is 0 Å². The van der Waals surface area contributed by atoms with E-state index in [1.54, 1.807) is 0 Å². The fourth-order valence-electron chi connectivity index (χ4n) is 2.97. The highest BCUT2D eigenvalue weighted by molar-refractivity contribution is 7.93. The van der Waals surface area contributed by atoms with Crippen molar-refractivity contribution in [2.24, 2.45) is 5.14 Å². The van der Waals surface area contributed by atoms with Crippen molar-refractivity contribution < 1.29 is 26.4 Å². The second-order valence-electron chi connectivity index (χ2n) is 6.00. The minimum atomic E-state index is -4.56. The van der Waals surface area contributed by atoms with Gasteiger partial charge in [0.2, 0.25) is 19.9 Å². The van der Waals surface area contributed by atoms with E-state index in [0.717, 1.165) is 18.2 Å². The third-order valence-electron chi connectivity index (χ3n) is 4.19. The lowest BCUT2D eigenvalue weighted by molar-refractivity contribution is 0.0888. The molecule has 0 spiro atoms. The van der Waals surface area contributed by atoms with Gasteiger partial charge >= 0.3 is 0 Å². The molecule has 0 bridgehead atoms. The van der Waals surface area contributed by atoms with Gasteiger partial charge in [-0.15, -0.1) is 0 Å². The third kappa shape index (κ3) is 3.09. The van der Waals surface area contributed by atoms with E-state index < -0.39 is 46.1 Å². The average molecular weight is 409 g/mol. The molecule has 2 aromatic carbocycles. The van der Waals surface area contributed by atoms with Gasteiger partial charge in [-0.1, -0.05) is 0 Å². The first-order valence-corrected chi connectivity index (χ1v) is 10.6. The molecule has 9 nitrogen and oxygen atoms in total. The Labute approximate surface area is 155 Å². The average Bonchev–Trinajstić information content (AvgIpc) is 2.56. The van der Waals surface area contributed by atoms with Crippen LogP contribution in [0.2, 0.25) is 0 Å². The van der Waals surface area contributed by atoms with Crippen molar-refractivity contribution in [1.82, 2.24) is 0 Å². The SMILES string of the molecule is Nc1ccc(S(N)(=O)=O)c(S(=O)(=O)c2ccc(N)c3c2C(=O)CCC3=O)c1. The minimum absolute atomic E-state index is 0.0207. The Bertz CT molecular complexity index is 1220. The number of carbonyl (C=O) groups is 2. The highest BCUT2D eigenvalue weighted by Gasteiger charge is 2.35. The second-order valence-corrected chi connectivity index (χ2v) is 9.42. The molecule has 0 aliphatic heterocycles. The minimum Gasteiger partial charge on any atom is -0.399 e. The molecular weight excluding hydrogens is 394 g/mol. The summed E-state index contributed by atoms with van der Waals surface area (Å²) in [5.41, 5.74) is 10.8. The fraction of sp³-hybridized carbons (Fsp3) is 0.125. The number of sulfone groups is 1. The van der Waals surface area contributed by atoms with Crippen LogP contribution in [0.15, 0.2) is 45.0 Å². The van der Waals surface area contributed by atoms with E-state index in [0.29, 0.717) is 0 Å². The van der Waals surface area contributed by atoms with Crippen molar-refractivity contribution in [3.05, 3.63) is 41.5 Å². The molecule has 0 amide bonds. The number of nitrogen functional groups attached to an aromatic ring is 2. The fourth-order valence-corrected chi connectivity index (χ4v) is 5.83. The molecule has 1 aliphatic rings. The summed E-state index contributed by atoms with van der Waals surface area (Å²) in [6.07, 6.45) is -0.253. The summed E-state index contributed by atoms with van der Waals surface area (Å²) in [5, 5.41) is 5.12. The molecule has 0 saturated heterocycles. The number of rotatable bonds is 3. The van der Waals surface area contributed by atoms with Crippen molar-refractivity contribution in [2.45, 2.75) is 27.5 Å². The first-order chi connectivity index (χ1) is 12.4. The van der Waals surface area contributed by atoms with Gasteiger partial charge in [-0.3, -0.25) is 9.59 Å². The van der Waals surface area contributed by atoms with E-state index in [1.165, 1.54) is 12.1 Å². The molecule has 0 unspecified atom stereocenters. The number of ketones is 2. The number of primary sulfonamides is 1. The number of fused-ring (bicyclic) bond motifs is 1. The summed E-state index contributed by atoms with van der Waals surface area (Å²) in [6, 6.07) is 5.34. The topological polar surface area (TPSA) is 180 Å². The normalized spacial score (nSPS) is 14.9. The van der Waals surface area contributed by atoms with E-state index in [-0.39, 0.29) is 35.3 Å². The predicted molar refractivity (Wildman–Crippen MR) is 96.4 cm³/mol. The van der Waals surface area contributed by atoms with E-state index >= 15 is 0 Å². The van der Waals surface area contributed by atoms with Crippen LogP contribution in [0.5, 0.6) is 0 Å². The lowest BCUT2D eigenvalue weighted by Gasteiger charge is -2.20. The summed E-state index contributed by atoms with van der Waals surface area (Å²) < 4.78 is 50.1. The van der Waals surface area contributed by atoms with Gasteiger partial charge in [0.05, 0.1) is 15.4 Å². The first-order valence-electron chi connectivity index (χ1n) is 7.61. The highest BCUT2D eigenvalue weighted by Crippen LogP contribution is 2.36. The van der Waals surface area contributed by atoms with Crippen LogP contribution in [0.1, 0.15) is 33.6 Å². The number of anilines is 2. The Kier molecular flexibility index (Phi) is 4.33. The smallest absolute Gasteiger partial charge is 0.239 e. The Morgan fingerprint density at radius 3 is 1.89 bits per heavy atom. The molecular formula is C16H15N3O6S2. The zero-order chi connectivity index (χ0) is 20.1. The molecule has 1 aliphatic carbocycles. The Balaban J connectivity index is 2.41. The van der Waals surface area contributed by atoms with E-state index in [2.05, 4.69) is 0 Å². The Morgan fingerprint density at radius 2 is 1.30 bits per heavy atom. The van der Waals surface area contributed by atoms with Gasteiger partial charge in [-0.25, -0.2) is 22.0 Å². The molecule has 3 rings (SSSR count). The van der Waals surface area contributed by atoms with Crippen LogP contribution in [0.25, 0.3) is 0 Å². The quantitative estimate of drug-likeness (QED) is 0.612. The Hall–Kier alpha value is -2.76. The zero-order valence-corrected chi connectivity index (χ0v) is 15.4. The van der Waals surface area contributed by atoms with Gasteiger partial charge in [-0.05, 0) is 30.3 Å².